The molecule has 2 aliphatic heterocycles. The van der Waals surface area contributed by atoms with Crippen LogP contribution in [-0.2, 0) is 13.1 Å². The fourth-order valence-electron chi connectivity index (χ4n) is 4.43. The summed E-state index contributed by atoms with van der Waals surface area (Å²) in [5.41, 5.74) is 2.35. The van der Waals surface area contributed by atoms with Crippen molar-refractivity contribution < 1.29 is 14.3 Å². The number of methoxy groups -OCH3 is 1. The van der Waals surface area contributed by atoms with E-state index in [1.165, 1.54) is 5.56 Å². The Morgan fingerprint density at radius 3 is 2.74 bits per heavy atom. The summed E-state index contributed by atoms with van der Waals surface area (Å²) >= 11 is 0. The van der Waals surface area contributed by atoms with Crippen molar-refractivity contribution in [2.45, 2.75) is 31.7 Å². The number of para-hydroxylation sites is 1. The number of aromatic nitrogens is 2. The normalized spacial score (nSPS) is 17.6. The molecule has 3 heterocycles. The number of carbonyl (C=O) groups is 1. The maximum Gasteiger partial charge on any atom is 0.258 e. The summed E-state index contributed by atoms with van der Waals surface area (Å²) < 4.78 is 13.7. The summed E-state index contributed by atoms with van der Waals surface area (Å²) in [5.74, 6) is 1.50. The van der Waals surface area contributed by atoms with Gasteiger partial charge in [-0.3, -0.25) is 14.4 Å². The Hall–Kier alpha value is -3.32. The van der Waals surface area contributed by atoms with Crippen molar-refractivity contribution >= 4 is 5.91 Å². The summed E-state index contributed by atoms with van der Waals surface area (Å²) in [6.45, 7) is 3.22. The molecule has 1 amide bonds. The number of hydrogen-bond donors (Lipinski definition) is 1. The SMILES string of the molecule is COc1ccc(CN2CCC3(CC2)NC(=O)c2ccccc2O3)cc1Cn1cccn1. The topological polar surface area (TPSA) is 68.6 Å². The molecule has 7 heteroatoms. The number of fused-ring (bicyclic) bond motifs is 1. The van der Waals surface area contributed by atoms with Crippen LogP contribution in [0, 0.1) is 0 Å². The van der Waals surface area contributed by atoms with Gasteiger partial charge in [-0.2, -0.15) is 5.10 Å². The summed E-state index contributed by atoms with van der Waals surface area (Å²) in [7, 11) is 1.70. The number of ether oxygens (including phenoxy) is 2. The summed E-state index contributed by atoms with van der Waals surface area (Å²) in [6, 6.07) is 15.7. The van der Waals surface area contributed by atoms with Crippen LogP contribution in [0.3, 0.4) is 0 Å². The van der Waals surface area contributed by atoms with E-state index in [1.807, 2.05) is 41.2 Å². The summed E-state index contributed by atoms with van der Waals surface area (Å²) in [5, 5.41) is 7.41. The molecule has 31 heavy (non-hydrogen) atoms. The van der Waals surface area contributed by atoms with Crippen molar-refractivity contribution in [3.63, 3.8) is 0 Å². The fourth-order valence-corrected chi connectivity index (χ4v) is 4.43. The predicted octanol–water partition coefficient (Wildman–Crippen LogP) is 3.05. The zero-order chi connectivity index (χ0) is 21.3. The molecule has 1 N–H and O–H groups in total. The van der Waals surface area contributed by atoms with Gasteiger partial charge in [0.2, 0.25) is 0 Å². The second-order valence-electron chi connectivity index (χ2n) is 8.17. The van der Waals surface area contributed by atoms with Crippen LogP contribution < -0.4 is 14.8 Å². The van der Waals surface area contributed by atoms with Crippen LogP contribution in [0.4, 0.5) is 0 Å². The van der Waals surface area contributed by atoms with Gasteiger partial charge >= 0.3 is 0 Å². The Balaban J connectivity index is 1.25. The Bertz CT molecular complexity index is 1070. The standard InChI is InChI=1S/C24H26N4O3/c1-30-21-8-7-18(15-19(21)17-28-12-4-11-25-28)16-27-13-9-24(10-14-27)26-23(29)20-5-2-3-6-22(20)31-24/h2-8,11-12,15H,9-10,13-14,16-17H2,1H3,(H,26,29). The number of carbonyl (C=O) groups excluding carboxylic acids is 1. The summed E-state index contributed by atoms with van der Waals surface area (Å²) in [4.78, 5) is 14.9. The number of likely N-dealkylation sites (tertiary alicyclic amines) is 1. The van der Waals surface area contributed by atoms with E-state index in [-0.39, 0.29) is 5.91 Å². The first kappa shape index (κ1) is 19.6. The smallest absolute Gasteiger partial charge is 0.258 e. The lowest BCUT2D eigenvalue weighted by atomic mass is 9.96. The van der Waals surface area contributed by atoms with Crippen molar-refractivity contribution in [2.75, 3.05) is 20.2 Å². The molecule has 0 aliphatic carbocycles. The monoisotopic (exact) mass is 418 g/mol. The molecule has 0 bridgehead atoms. The third-order valence-electron chi connectivity index (χ3n) is 6.08. The maximum absolute atomic E-state index is 12.5. The van der Waals surface area contributed by atoms with E-state index in [1.54, 1.807) is 19.4 Å². The average Bonchev–Trinajstić information content (AvgIpc) is 3.29. The van der Waals surface area contributed by atoms with E-state index in [2.05, 4.69) is 27.4 Å². The second-order valence-corrected chi connectivity index (χ2v) is 8.17. The van der Waals surface area contributed by atoms with Crippen LogP contribution >= 0.6 is 0 Å². The van der Waals surface area contributed by atoms with Gasteiger partial charge in [-0.05, 0) is 35.9 Å². The molecule has 0 atom stereocenters. The molecule has 1 saturated heterocycles. The van der Waals surface area contributed by atoms with Crippen LogP contribution in [0.5, 0.6) is 11.5 Å². The minimum absolute atomic E-state index is 0.0475. The average molecular weight is 418 g/mol. The molecule has 1 fully saturated rings. The van der Waals surface area contributed by atoms with Gasteiger partial charge in [0.05, 0.1) is 19.2 Å². The van der Waals surface area contributed by atoms with Gasteiger partial charge in [0, 0.05) is 50.4 Å². The molecule has 2 aliphatic rings. The van der Waals surface area contributed by atoms with Gasteiger partial charge in [0.25, 0.3) is 5.91 Å². The number of hydrogen-bond acceptors (Lipinski definition) is 5. The van der Waals surface area contributed by atoms with E-state index in [9.17, 15) is 4.79 Å². The molecule has 160 valence electrons. The molecule has 7 nitrogen and oxygen atoms in total. The van der Waals surface area contributed by atoms with Crippen LogP contribution in [-0.4, -0.2) is 46.5 Å². The molecular weight excluding hydrogens is 392 g/mol. The number of nitrogens with one attached hydrogen (secondary N) is 1. The zero-order valence-electron chi connectivity index (χ0n) is 17.6. The van der Waals surface area contributed by atoms with Crippen molar-refractivity contribution in [1.82, 2.24) is 20.0 Å². The van der Waals surface area contributed by atoms with Crippen LogP contribution in [0.25, 0.3) is 0 Å². The number of nitrogens with zero attached hydrogens (tertiary/aromatic N) is 3. The molecule has 1 aromatic heterocycles. The third-order valence-corrected chi connectivity index (χ3v) is 6.08. The summed E-state index contributed by atoms with van der Waals surface area (Å²) in [6.07, 6.45) is 5.24. The Kier molecular flexibility index (Phi) is 5.11. The molecule has 1 spiro atoms. The Labute approximate surface area is 181 Å². The molecule has 0 radical (unpaired) electrons. The first-order valence-electron chi connectivity index (χ1n) is 10.6. The van der Waals surface area contributed by atoms with Crippen LogP contribution in [0.1, 0.15) is 34.3 Å². The highest BCUT2D eigenvalue weighted by Gasteiger charge is 2.42. The quantitative estimate of drug-likeness (QED) is 0.690. The molecule has 5 rings (SSSR count). The third kappa shape index (κ3) is 4.01. The van der Waals surface area contributed by atoms with Gasteiger partial charge in [-0.25, -0.2) is 0 Å². The number of amides is 1. The molecule has 0 saturated carbocycles. The fraction of sp³-hybridized carbons (Fsp3) is 0.333. The van der Waals surface area contributed by atoms with E-state index in [0.717, 1.165) is 43.8 Å². The molecule has 2 aromatic carbocycles. The predicted molar refractivity (Wildman–Crippen MR) is 116 cm³/mol. The van der Waals surface area contributed by atoms with Crippen molar-refractivity contribution in [3.8, 4) is 11.5 Å². The van der Waals surface area contributed by atoms with Gasteiger partial charge in [-0.15, -0.1) is 0 Å². The van der Waals surface area contributed by atoms with Crippen LogP contribution in [0.2, 0.25) is 0 Å². The first-order valence-corrected chi connectivity index (χ1v) is 10.6. The van der Waals surface area contributed by atoms with Crippen LogP contribution in [0.15, 0.2) is 60.9 Å². The first-order chi connectivity index (χ1) is 15.1. The highest BCUT2D eigenvalue weighted by Crippen LogP contribution is 2.33. The minimum Gasteiger partial charge on any atom is -0.496 e. The largest absolute Gasteiger partial charge is 0.496 e. The van der Waals surface area contributed by atoms with E-state index < -0.39 is 5.72 Å². The maximum atomic E-state index is 12.5. The highest BCUT2D eigenvalue weighted by atomic mass is 16.5. The minimum atomic E-state index is -0.604. The molecular formula is C24H26N4O3. The lowest BCUT2D eigenvalue weighted by molar-refractivity contribution is -0.0304. The number of rotatable bonds is 5. The van der Waals surface area contributed by atoms with Gasteiger partial charge in [0.1, 0.15) is 11.5 Å². The van der Waals surface area contributed by atoms with Crippen molar-refractivity contribution in [3.05, 3.63) is 77.6 Å². The van der Waals surface area contributed by atoms with Crippen molar-refractivity contribution in [2.24, 2.45) is 0 Å². The number of piperidine rings is 1. The van der Waals surface area contributed by atoms with E-state index in [0.29, 0.717) is 17.9 Å². The van der Waals surface area contributed by atoms with Gasteiger partial charge in [-0.1, -0.05) is 18.2 Å². The van der Waals surface area contributed by atoms with E-state index in [4.69, 9.17) is 9.47 Å². The zero-order valence-corrected chi connectivity index (χ0v) is 17.6. The Morgan fingerprint density at radius 1 is 1.13 bits per heavy atom. The lowest BCUT2D eigenvalue weighted by Crippen LogP contribution is -2.60. The lowest BCUT2D eigenvalue weighted by Gasteiger charge is -2.44. The molecule has 0 unspecified atom stereocenters. The van der Waals surface area contributed by atoms with Crippen molar-refractivity contribution in [1.29, 1.82) is 0 Å². The van der Waals surface area contributed by atoms with E-state index >= 15 is 0 Å². The Morgan fingerprint density at radius 2 is 1.97 bits per heavy atom. The van der Waals surface area contributed by atoms with Gasteiger partial charge < -0.3 is 14.8 Å². The molecule has 3 aromatic rings. The van der Waals surface area contributed by atoms with Gasteiger partial charge in [0.15, 0.2) is 5.72 Å². The number of benzene rings is 2. The second kappa shape index (κ2) is 8.07. The highest BCUT2D eigenvalue weighted by molar-refractivity contribution is 5.98.